The van der Waals surface area contributed by atoms with Crippen molar-refractivity contribution in [1.82, 2.24) is 4.31 Å². The van der Waals surface area contributed by atoms with Crippen LogP contribution in [0.2, 0.25) is 0 Å². The lowest BCUT2D eigenvalue weighted by Crippen LogP contribution is -2.39. The zero-order valence-electron chi connectivity index (χ0n) is 11.8. The van der Waals surface area contributed by atoms with Gasteiger partial charge in [0.1, 0.15) is 0 Å². The monoisotopic (exact) mass is 281 g/mol. The lowest BCUT2D eigenvalue weighted by molar-refractivity contribution is 0.257. The van der Waals surface area contributed by atoms with Crippen molar-refractivity contribution in [3.8, 4) is 0 Å². The van der Waals surface area contributed by atoms with Gasteiger partial charge in [0.25, 0.3) is 0 Å². The van der Waals surface area contributed by atoms with Crippen LogP contribution < -0.4 is 0 Å². The smallest absolute Gasteiger partial charge is 0.211 e. The molecule has 1 aliphatic rings. The molecule has 0 amide bonds. The van der Waals surface area contributed by atoms with Gasteiger partial charge in [0.05, 0.1) is 6.26 Å². The van der Waals surface area contributed by atoms with E-state index in [0.717, 1.165) is 25.7 Å². The first-order valence-corrected chi connectivity index (χ1v) is 8.81. The summed E-state index contributed by atoms with van der Waals surface area (Å²) in [6.45, 7) is 3.53. The zero-order chi connectivity index (χ0) is 13.9. The van der Waals surface area contributed by atoms with Gasteiger partial charge in [0.2, 0.25) is 10.0 Å². The molecule has 106 valence electrons. The number of aryl methyl sites for hydroxylation is 2. The highest BCUT2D eigenvalue weighted by atomic mass is 32.2. The summed E-state index contributed by atoms with van der Waals surface area (Å²) in [6, 6.07) is 8.45. The maximum absolute atomic E-state index is 11.6. The number of sulfonamides is 1. The summed E-state index contributed by atoms with van der Waals surface area (Å²) >= 11 is 0. The molecule has 3 nitrogen and oxygen atoms in total. The fourth-order valence-corrected chi connectivity index (χ4v) is 3.76. The van der Waals surface area contributed by atoms with Gasteiger partial charge in [-0.1, -0.05) is 24.3 Å². The molecule has 0 spiro atoms. The predicted molar refractivity (Wildman–Crippen MR) is 78.6 cm³/mol. The van der Waals surface area contributed by atoms with E-state index < -0.39 is 10.0 Å². The Labute approximate surface area is 116 Å². The summed E-state index contributed by atoms with van der Waals surface area (Å²) in [5.41, 5.74) is 2.72. The molecule has 0 saturated carbocycles. The highest BCUT2D eigenvalue weighted by molar-refractivity contribution is 7.88. The summed E-state index contributed by atoms with van der Waals surface area (Å²) in [7, 11) is -3.02. The average molecular weight is 281 g/mol. The first-order chi connectivity index (χ1) is 8.97. The van der Waals surface area contributed by atoms with E-state index in [1.54, 1.807) is 4.31 Å². The number of rotatable bonds is 4. The van der Waals surface area contributed by atoms with E-state index in [9.17, 15) is 8.42 Å². The summed E-state index contributed by atoms with van der Waals surface area (Å²) in [5, 5.41) is 0. The van der Waals surface area contributed by atoms with Crippen LogP contribution in [-0.2, 0) is 16.4 Å². The van der Waals surface area contributed by atoms with Crippen molar-refractivity contribution < 1.29 is 8.42 Å². The van der Waals surface area contributed by atoms with Gasteiger partial charge in [-0.2, -0.15) is 0 Å². The van der Waals surface area contributed by atoms with Crippen molar-refractivity contribution >= 4 is 10.0 Å². The molecule has 0 bridgehead atoms. The van der Waals surface area contributed by atoms with Gasteiger partial charge in [-0.3, -0.25) is 0 Å². The fourth-order valence-electron chi connectivity index (χ4n) is 2.81. The lowest BCUT2D eigenvalue weighted by Gasteiger charge is -2.31. The van der Waals surface area contributed by atoms with Gasteiger partial charge >= 0.3 is 0 Å². The van der Waals surface area contributed by atoms with Crippen LogP contribution in [0.3, 0.4) is 0 Å². The molecule has 19 heavy (non-hydrogen) atoms. The maximum Gasteiger partial charge on any atom is 0.211 e. The van der Waals surface area contributed by atoms with Gasteiger partial charge in [0, 0.05) is 13.1 Å². The third-order valence-corrected chi connectivity index (χ3v) is 5.30. The molecular formula is C15H23NO2S. The molecule has 1 aromatic rings. The summed E-state index contributed by atoms with van der Waals surface area (Å²) in [4.78, 5) is 0. The van der Waals surface area contributed by atoms with Crippen molar-refractivity contribution in [2.75, 3.05) is 19.3 Å². The van der Waals surface area contributed by atoms with E-state index in [1.165, 1.54) is 17.4 Å². The number of nitrogens with zero attached hydrogens (tertiary/aromatic N) is 1. The molecule has 1 aromatic carbocycles. The first kappa shape index (κ1) is 14.5. The van der Waals surface area contributed by atoms with Crippen LogP contribution in [0.25, 0.3) is 0 Å². The van der Waals surface area contributed by atoms with Crippen LogP contribution in [0, 0.1) is 12.8 Å². The third-order valence-electron chi connectivity index (χ3n) is 4.03. The summed E-state index contributed by atoms with van der Waals surface area (Å²) < 4.78 is 24.8. The fraction of sp³-hybridized carbons (Fsp3) is 0.600. The van der Waals surface area contributed by atoms with E-state index in [4.69, 9.17) is 0 Å². The number of piperidine rings is 1. The first-order valence-electron chi connectivity index (χ1n) is 6.96. The molecule has 0 radical (unpaired) electrons. The van der Waals surface area contributed by atoms with E-state index in [1.807, 2.05) is 0 Å². The average Bonchev–Trinajstić information content (AvgIpc) is 2.37. The summed E-state index contributed by atoms with van der Waals surface area (Å²) in [5.74, 6) is 0.503. The molecule has 1 saturated heterocycles. The van der Waals surface area contributed by atoms with Crippen molar-refractivity contribution in [1.29, 1.82) is 0 Å². The van der Waals surface area contributed by atoms with E-state index in [-0.39, 0.29) is 0 Å². The minimum Gasteiger partial charge on any atom is -0.213 e. The molecule has 1 atom stereocenters. The Hall–Kier alpha value is -0.870. The molecule has 1 fully saturated rings. The van der Waals surface area contributed by atoms with Gasteiger partial charge in [-0.15, -0.1) is 0 Å². The second kappa shape index (κ2) is 6.06. The van der Waals surface area contributed by atoms with E-state index >= 15 is 0 Å². The van der Waals surface area contributed by atoms with Crippen LogP contribution in [0.15, 0.2) is 24.3 Å². The third kappa shape index (κ3) is 4.05. The number of benzene rings is 1. The van der Waals surface area contributed by atoms with Gasteiger partial charge in [-0.25, -0.2) is 12.7 Å². The molecule has 2 rings (SSSR count). The zero-order valence-corrected chi connectivity index (χ0v) is 12.6. The van der Waals surface area contributed by atoms with Gasteiger partial charge in [-0.05, 0) is 49.7 Å². The Bertz CT molecular complexity index is 525. The van der Waals surface area contributed by atoms with Crippen LogP contribution in [-0.4, -0.2) is 32.1 Å². The lowest BCUT2D eigenvalue weighted by atomic mass is 9.91. The Morgan fingerprint density at radius 2 is 2.05 bits per heavy atom. The Morgan fingerprint density at radius 1 is 1.32 bits per heavy atom. The molecule has 0 unspecified atom stereocenters. The Morgan fingerprint density at radius 3 is 2.74 bits per heavy atom. The maximum atomic E-state index is 11.6. The highest BCUT2D eigenvalue weighted by Gasteiger charge is 2.25. The number of hydrogen-bond acceptors (Lipinski definition) is 2. The quantitative estimate of drug-likeness (QED) is 0.850. The van der Waals surface area contributed by atoms with Crippen LogP contribution in [0.1, 0.15) is 30.4 Å². The molecule has 4 heteroatoms. The topological polar surface area (TPSA) is 37.4 Å². The van der Waals surface area contributed by atoms with Crippen LogP contribution >= 0.6 is 0 Å². The normalized spacial score (nSPS) is 21.5. The van der Waals surface area contributed by atoms with Crippen LogP contribution in [0.5, 0.6) is 0 Å². The molecule has 0 N–H and O–H groups in total. The Kier molecular flexibility index (Phi) is 4.63. The van der Waals surface area contributed by atoms with Crippen molar-refractivity contribution in [2.45, 2.75) is 32.6 Å². The largest absolute Gasteiger partial charge is 0.213 e. The van der Waals surface area contributed by atoms with E-state index in [2.05, 4.69) is 31.2 Å². The van der Waals surface area contributed by atoms with Gasteiger partial charge < -0.3 is 0 Å². The van der Waals surface area contributed by atoms with Crippen molar-refractivity contribution in [3.63, 3.8) is 0 Å². The molecule has 0 aromatic heterocycles. The molecule has 1 aliphatic heterocycles. The molecular weight excluding hydrogens is 258 g/mol. The van der Waals surface area contributed by atoms with E-state index in [0.29, 0.717) is 19.0 Å². The van der Waals surface area contributed by atoms with Gasteiger partial charge in [0.15, 0.2) is 0 Å². The highest BCUT2D eigenvalue weighted by Crippen LogP contribution is 2.23. The summed E-state index contributed by atoms with van der Waals surface area (Å²) in [6.07, 6.45) is 5.59. The van der Waals surface area contributed by atoms with Crippen molar-refractivity contribution in [2.24, 2.45) is 5.92 Å². The minimum atomic E-state index is -3.02. The number of hydrogen-bond donors (Lipinski definition) is 0. The predicted octanol–water partition coefficient (Wildman–Crippen LogP) is 2.60. The minimum absolute atomic E-state index is 0.503. The molecule has 1 heterocycles. The standard InChI is InChI=1S/C15H23NO2S/c1-13-6-3-4-8-15(13)10-9-14-7-5-11-16(12-14)19(2,17)18/h3-4,6,8,14H,5,7,9-12H2,1-2H3/t14-/m1/s1. The second-order valence-corrected chi connectivity index (χ2v) is 7.58. The second-order valence-electron chi connectivity index (χ2n) is 5.59. The van der Waals surface area contributed by atoms with Crippen LogP contribution in [0.4, 0.5) is 0 Å². The van der Waals surface area contributed by atoms with Crippen molar-refractivity contribution in [3.05, 3.63) is 35.4 Å². The molecule has 0 aliphatic carbocycles. The Balaban J connectivity index is 1.92. The SMILES string of the molecule is Cc1ccccc1CC[C@H]1CCCN(S(C)(=O)=O)C1.